The van der Waals surface area contributed by atoms with E-state index in [1.165, 1.54) is 0 Å². The molecule has 1 N–H and O–H groups in total. The van der Waals surface area contributed by atoms with Gasteiger partial charge in [0, 0.05) is 32.1 Å². The lowest BCUT2D eigenvalue weighted by molar-refractivity contribution is 0.190. The Kier molecular flexibility index (Phi) is 7.04. The zero-order valence-electron chi connectivity index (χ0n) is 14.8. The molecular formula is C17H25ClN4O3. The van der Waals surface area contributed by atoms with E-state index in [0.29, 0.717) is 12.3 Å². The quantitative estimate of drug-likeness (QED) is 0.834. The molecule has 8 heteroatoms. The number of benzene rings is 1. The summed E-state index contributed by atoms with van der Waals surface area (Å²) in [6, 6.07) is 6.03. The summed E-state index contributed by atoms with van der Waals surface area (Å²) < 4.78 is 16.0. The van der Waals surface area contributed by atoms with Crippen molar-refractivity contribution in [1.29, 1.82) is 0 Å². The number of likely N-dealkylation sites (N-methyl/N-ethyl adjacent to an activating group) is 1. The maximum Gasteiger partial charge on any atom is 0.227 e. The summed E-state index contributed by atoms with van der Waals surface area (Å²) >= 11 is 0. The molecule has 1 atom stereocenters. The van der Waals surface area contributed by atoms with Gasteiger partial charge in [-0.25, -0.2) is 0 Å². The molecule has 0 radical (unpaired) electrons. The molecule has 0 bridgehead atoms. The maximum atomic E-state index is 5.42. The predicted molar refractivity (Wildman–Crippen MR) is 96.7 cm³/mol. The van der Waals surface area contributed by atoms with Crippen LogP contribution in [0.2, 0.25) is 0 Å². The molecule has 0 aliphatic carbocycles. The monoisotopic (exact) mass is 368 g/mol. The molecule has 2 aromatic rings. The maximum absolute atomic E-state index is 5.42. The molecule has 1 unspecified atom stereocenters. The minimum absolute atomic E-state index is 0. The highest BCUT2D eigenvalue weighted by Crippen LogP contribution is 2.24. The Morgan fingerprint density at radius 2 is 1.92 bits per heavy atom. The highest BCUT2D eigenvalue weighted by Gasteiger charge is 2.25. The molecule has 1 aromatic carbocycles. The fourth-order valence-corrected chi connectivity index (χ4v) is 2.86. The van der Waals surface area contributed by atoms with E-state index in [1.54, 1.807) is 14.2 Å². The average Bonchev–Trinajstić information content (AvgIpc) is 3.08. The number of methoxy groups -OCH3 is 2. The number of halogens is 1. The van der Waals surface area contributed by atoms with Crippen molar-refractivity contribution in [3.8, 4) is 11.5 Å². The van der Waals surface area contributed by atoms with E-state index in [4.69, 9.17) is 14.0 Å². The zero-order chi connectivity index (χ0) is 16.9. The fourth-order valence-electron chi connectivity index (χ4n) is 2.86. The second kappa shape index (κ2) is 9.03. The number of aryl methyl sites for hydroxylation is 2. The first-order valence-electron chi connectivity index (χ1n) is 8.15. The Morgan fingerprint density at radius 3 is 2.56 bits per heavy atom. The summed E-state index contributed by atoms with van der Waals surface area (Å²) in [6.07, 6.45) is 1.47. The van der Waals surface area contributed by atoms with Gasteiger partial charge in [0.1, 0.15) is 11.5 Å². The van der Waals surface area contributed by atoms with E-state index < -0.39 is 0 Å². The van der Waals surface area contributed by atoms with Gasteiger partial charge >= 0.3 is 0 Å². The van der Waals surface area contributed by atoms with Crippen molar-refractivity contribution >= 4 is 12.4 Å². The second-order valence-corrected chi connectivity index (χ2v) is 5.97. The Morgan fingerprint density at radius 1 is 1.20 bits per heavy atom. The van der Waals surface area contributed by atoms with Crippen molar-refractivity contribution in [1.82, 2.24) is 20.4 Å². The molecule has 25 heavy (non-hydrogen) atoms. The Hall–Kier alpha value is -1.83. The Labute approximate surface area is 154 Å². The third kappa shape index (κ3) is 4.84. The van der Waals surface area contributed by atoms with E-state index in [0.717, 1.165) is 48.9 Å². The molecule has 1 saturated heterocycles. The fraction of sp³-hybridized carbons (Fsp3) is 0.529. The molecule has 1 aromatic heterocycles. The largest absolute Gasteiger partial charge is 0.497 e. The van der Waals surface area contributed by atoms with Gasteiger partial charge in [0.25, 0.3) is 0 Å². The lowest BCUT2D eigenvalue weighted by Crippen LogP contribution is -2.44. The Bertz CT molecular complexity index is 657. The molecule has 0 saturated carbocycles. The number of hydrogen-bond donors (Lipinski definition) is 1. The predicted octanol–water partition coefficient (Wildman–Crippen LogP) is 1.87. The summed E-state index contributed by atoms with van der Waals surface area (Å²) in [5.74, 6) is 2.98. The molecule has 0 amide bonds. The van der Waals surface area contributed by atoms with Gasteiger partial charge in [-0.1, -0.05) is 5.16 Å². The van der Waals surface area contributed by atoms with E-state index in [9.17, 15) is 0 Å². The van der Waals surface area contributed by atoms with Gasteiger partial charge in [-0.05, 0) is 31.2 Å². The van der Waals surface area contributed by atoms with Crippen LogP contribution < -0.4 is 14.8 Å². The topological polar surface area (TPSA) is 72.7 Å². The van der Waals surface area contributed by atoms with Crippen LogP contribution in [-0.2, 0) is 12.8 Å². The van der Waals surface area contributed by atoms with Gasteiger partial charge in [-0.2, -0.15) is 4.98 Å². The summed E-state index contributed by atoms with van der Waals surface area (Å²) in [5, 5.41) is 7.52. The minimum Gasteiger partial charge on any atom is -0.497 e. The number of aromatic nitrogens is 2. The van der Waals surface area contributed by atoms with Gasteiger partial charge in [0.15, 0.2) is 5.82 Å². The van der Waals surface area contributed by atoms with Crippen LogP contribution >= 0.6 is 12.4 Å². The van der Waals surface area contributed by atoms with Crippen LogP contribution in [0.25, 0.3) is 0 Å². The standard InChI is InChI=1S/C17H24N4O3.ClH/c1-21-7-6-18-11-15(21)17-19-16(24-20-17)5-4-12-8-13(22-2)10-14(9-12)23-3;/h8-10,15,18H,4-7,11H2,1-3H3;1H. The van der Waals surface area contributed by atoms with E-state index in [-0.39, 0.29) is 18.4 Å². The van der Waals surface area contributed by atoms with Crippen LogP contribution in [-0.4, -0.2) is 55.9 Å². The van der Waals surface area contributed by atoms with Gasteiger partial charge in [-0.3, -0.25) is 4.90 Å². The molecule has 1 aliphatic rings. The number of rotatable bonds is 6. The summed E-state index contributed by atoms with van der Waals surface area (Å²) in [6.45, 7) is 2.83. The first kappa shape index (κ1) is 19.5. The van der Waals surface area contributed by atoms with Crippen molar-refractivity contribution in [2.24, 2.45) is 0 Å². The van der Waals surface area contributed by atoms with Crippen LogP contribution in [0.3, 0.4) is 0 Å². The highest BCUT2D eigenvalue weighted by atomic mass is 35.5. The number of piperazine rings is 1. The first-order chi connectivity index (χ1) is 11.7. The van der Waals surface area contributed by atoms with E-state index >= 15 is 0 Å². The lowest BCUT2D eigenvalue weighted by Gasteiger charge is -2.30. The van der Waals surface area contributed by atoms with Crippen LogP contribution in [0.5, 0.6) is 11.5 Å². The van der Waals surface area contributed by atoms with E-state index in [1.807, 2.05) is 18.2 Å². The summed E-state index contributed by atoms with van der Waals surface area (Å²) in [5.41, 5.74) is 1.11. The van der Waals surface area contributed by atoms with E-state index in [2.05, 4.69) is 27.4 Å². The SMILES string of the molecule is COc1cc(CCc2nc(C3CNCCN3C)no2)cc(OC)c1.Cl. The number of ether oxygens (including phenoxy) is 2. The van der Waals surface area contributed by atoms with Crippen LogP contribution in [0, 0.1) is 0 Å². The normalized spacial score (nSPS) is 17.8. The molecule has 3 rings (SSSR count). The van der Waals surface area contributed by atoms with Gasteiger partial charge in [-0.15, -0.1) is 12.4 Å². The molecule has 1 aliphatic heterocycles. The third-order valence-electron chi connectivity index (χ3n) is 4.33. The second-order valence-electron chi connectivity index (χ2n) is 5.97. The molecular weight excluding hydrogens is 344 g/mol. The van der Waals surface area contributed by atoms with Crippen molar-refractivity contribution in [3.63, 3.8) is 0 Å². The zero-order valence-corrected chi connectivity index (χ0v) is 15.6. The average molecular weight is 369 g/mol. The number of nitrogens with one attached hydrogen (secondary N) is 1. The van der Waals surface area contributed by atoms with Crippen LogP contribution in [0.4, 0.5) is 0 Å². The molecule has 0 spiro atoms. The lowest BCUT2D eigenvalue weighted by atomic mass is 10.1. The molecule has 138 valence electrons. The summed E-state index contributed by atoms with van der Waals surface area (Å²) in [4.78, 5) is 6.81. The van der Waals surface area contributed by atoms with Crippen molar-refractivity contribution in [2.75, 3.05) is 40.9 Å². The van der Waals surface area contributed by atoms with Crippen molar-refractivity contribution < 1.29 is 14.0 Å². The van der Waals surface area contributed by atoms with Crippen molar-refractivity contribution in [3.05, 3.63) is 35.5 Å². The minimum atomic E-state index is 0. The number of hydrogen-bond acceptors (Lipinski definition) is 7. The van der Waals surface area contributed by atoms with Gasteiger partial charge < -0.3 is 19.3 Å². The first-order valence-corrected chi connectivity index (χ1v) is 8.15. The summed E-state index contributed by atoms with van der Waals surface area (Å²) in [7, 11) is 5.39. The van der Waals surface area contributed by atoms with Gasteiger partial charge in [0.05, 0.1) is 20.3 Å². The third-order valence-corrected chi connectivity index (χ3v) is 4.33. The smallest absolute Gasteiger partial charge is 0.227 e. The number of nitrogens with zero attached hydrogens (tertiary/aromatic N) is 3. The molecule has 2 heterocycles. The molecule has 7 nitrogen and oxygen atoms in total. The Balaban J connectivity index is 0.00000225. The molecule has 1 fully saturated rings. The van der Waals surface area contributed by atoms with Crippen LogP contribution in [0.1, 0.15) is 23.3 Å². The van der Waals surface area contributed by atoms with Crippen molar-refractivity contribution in [2.45, 2.75) is 18.9 Å². The van der Waals surface area contributed by atoms with Gasteiger partial charge in [0.2, 0.25) is 5.89 Å². The highest BCUT2D eigenvalue weighted by molar-refractivity contribution is 5.85. The van der Waals surface area contributed by atoms with Crippen LogP contribution in [0.15, 0.2) is 22.7 Å².